The summed E-state index contributed by atoms with van der Waals surface area (Å²) in [5.74, 6) is 0.639. The van der Waals surface area contributed by atoms with Gasteiger partial charge >= 0.3 is 0 Å². The number of nitriles is 1. The molecular formula is C14H10BrN3O3. The van der Waals surface area contributed by atoms with Crippen molar-refractivity contribution in [1.82, 2.24) is 0 Å². The minimum absolute atomic E-state index is 0.120. The van der Waals surface area contributed by atoms with Gasteiger partial charge in [-0.1, -0.05) is 0 Å². The number of ether oxygens (including phenoxy) is 1. The van der Waals surface area contributed by atoms with Crippen LogP contribution in [0.25, 0.3) is 0 Å². The van der Waals surface area contributed by atoms with Crippen LogP contribution < -0.4 is 10.1 Å². The van der Waals surface area contributed by atoms with Gasteiger partial charge in [-0.3, -0.25) is 10.1 Å². The SMILES string of the molecule is COc1cc(Nc2ccc([N+](=O)[O-])cc2C#N)ccc1Br. The average Bonchev–Trinajstić information content (AvgIpc) is 2.49. The lowest BCUT2D eigenvalue weighted by atomic mass is 10.1. The van der Waals surface area contributed by atoms with E-state index in [-0.39, 0.29) is 11.3 Å². The van der Waals surface area contributed by atoms with Crippen LogP contribution in [0.5, 0.6) is 5.75 Å². The molecule has 0 amide bonds. The number of nitrogens with zero attached hydrogens (tertiary/aromatic N) is 2. The quantitative estimate of drug-likeness (QED) is 0.667. The van der Waals surface area contributed by atoms with E-state index in [9.17, 15) is 10.1 Å². The third-order valence-electron chi connectivity index (χ3n) is 2.76. The number of anilines is 2. The number of rotatable bonds is 4. The Morgan fingerprint density at radius 1 is 1.33 bits per heavy atom. The summed E-state index contributed by atoms with van der Waals surface area (Å²) in [5, 5.41) is 22.9. The van der Waals surface area contributed by atoms with Crippen molar-refractivity contribution in [3.63, 3.8) is 0 Å². The van der Waals surface area contributed by atoms with Crippen LogP contribution in [0.3, 0.4) is 0 Å². The van der Waals surface area contributed by atoms with Crippen molar-refractivity contribution in [3.8, 4) is 11.8 Å². The van der Waals surface area contributed by atoms with Crippen LogP contribution in [0.1, 0.15) is 5.56 Å². The van der Waals surface area contributed by atoms with Crippen LogP contribution in [0.15, 0.2) is 40.9 Å². The first kappa shape index (κ1) is 14.8. The second-order valence-electron chi connectivity index (χ2n) is 4.07. The first-order chi connectivity index (χ1) is 10.0. The van der Waals surface area contributed by atoms with E-state index in [1.54, 1.807) is 25.3 Å². The predicted molar refractivity (Wildman–Crippen MR) is 81.8 cm³/mol. The van der Waals surface area contributed by atoms with Gasteiger partial charge in [0.1, 0.15) is 11.8 Å². The van der Waals surface area contributed by atoms with Crippen LogP contribution in [0.2, 0.25) is 0 Å². The number of hydrogen-bond acceptors (Lipinski definition) is 5. The van der Waals surface area contributed by atoms with Gasteiger partial charge in [0.15, 0.2) is 0 Å². The molecule has 0 unspecified atom stereocenters. The molecule has 0 aliphatic heterocycles. The molecule has 2 aromatic rings. The fourth-order valence-corrected chi connectivity index (χ4v) is 2.15. The lowest BCUT2D eigenvalue weighted by Gasteiger charge is -2.10. The number of non-ortho nitro benzene ring substituents is 1. The zero-order chi connectivity index (χ0) is 15.4. The van der Waals surface area contributed by atoms with Gasteiger partial charge in [0.2, 0.25) is 0 Å². The molecule has 0 spiro atoms. The van der Waals surface area contributed by atoms with Crippen LogP contribution in [-0.4, -0.2) is 12.0 Å². The molecule has 0 saturated heterocycles. The molecule has 21 heavy (non-hydrogen) atoms. The van der Waals surface area contributed by atoms with Gasteiger partial charge in [0, 0.05) is 23.9 Å². The maximum atomic E-state index is 10.7. The fraction of sp³-hybridized carbons (Fsp3) is 0.0714. The summed E-state index contributed by atoms with van der Waals surface area (Å²) in [7, 11) is 1.55. The van der Waals surface area contributed by atoms with Gasteiger partial charge in [0.05, 0.1) is 27.8 Å². The minimum atomic E-state index is -0.534. The highest BCUT2D eigenvalue weighted by Gasteiger charge is 2.11. The monoisotopic (exact) mass is 347 g/mol. The van der Waals surface area contributed by atoms with Crippen LogP contribution in [-0.2, 0) is 0 Å². The molecule has 0 bridgehead atoms. The number of benzene rings is 2. The number of nitro benzene ring substituents is 1. The van der Waals surface area contributed by atoms with E-state index in [0.717, 1.165) is 4.47 Å². The van der Waals surface area contributed by atoms with Crippen molar-refractivity contribution in [3.05, 3.63) is 56.5 Å². The molecule has 7 heteroatoms. The number of methoxy groups -OCH3 is 1. The maximum Gasteiger partial charge on any atom is 0.270 e. The van der Waals surface area contributed by atoms with Crippen LogP contribution in [0.4, 0.5) is 17.1 Å². The van der Waals surface area contributed by atoms with Gasteiger partial charge in [0.25, 0.3) is 5.69 Å². The molecule has 6 nitrogen and oxygen atoms in total. The van der Waals surface area contributed by atoms with Crippen molar-refractivity contribution < 1.29 is 9.66 Å². The number of hydrogen-bond donors (Lipinski definition) is 1. The zero-order valence-electron chi connectivity index (χ0n) is 11.0. The average molecular weight is 348 g/mol. The summed E-state index contributed by atoms with van der Waals surface area (Å²) in [6.07, 6.45) is 0. The molecule has 0 fully saturated rings. The third kappa shape index (κ3) is 3.30. The van der Waals surface area contributed by atoms with E-state index in [4.69, 9.17) is 10.00 Å². The summed E-state index contributed by atoms with van der Waals surface area (Å²) >= 11 is 3.35. The Bertz CT molecular complexity index is 741. The molecule has 0 aliphatic carbocycles. The van der Waals surface area contributed by atoms with Crippen LogP contribution in [0, 0.1) is 21.4 Å². The Balaban J connectivity index is 2.36. The normalized spacial score (nSPS) is 9.76. The van der Waals surface area contributed by atoms with Crippen LogP contribution >= 0.6 is 15.9 Å². The molecular weight excluding hydrogens is 338 g/mol. The molecule has 2 rings (SSSR count). The molecule has 0 saturated carbocycles. The second-order valence-corrected chi connectivity index (χ2v) is 4.93. The fourth-order valence-electron chi connectivity index (χ4n) is 1.74. The highest BCUT2D eigenvalue weighted by atomic mass is 79.9. The van der Waals surface area contributed by atoms with E-state index >= 15 is 0 Å². The molecule has 0 aromatic heterocycles. The Hall–Kier alpha value is -2.59. The van der Waals surface area contributed by atoms with Crippen molar-refractivity contribution in [1.29, 1.82) is 5.26 Å². The highest BCUT2D eigenvalue weighted by molar-refractivity contribution is 9.10. The largest absolute Gasteiger partial charge is 0.495 e. The summed E-state index contributed by atoms with van der Waals surface area (Å²) in [6, 6.07) is 11.4. The van der Waals surface area contributed by atoms with Crippen molar-refractivity contribution in [2.24, 2.45) is 0 Å². The number of nitrogens with one attached hydrogen (secondary N) is 1. The summed E-state index contributed by atoms with van der Waals surface area (Å²) < 4.78 is 5.99. The molecule has 2 aromatic carbocycles. The standard InChI is InChI=1S/C14H10BrN3O3/c1-21-14-7-10(2-4-12(14)15)17-13-5-3-11(18(19)20)6-9(13)8-16/h2-7,17H,1H3. The van der Waals surface area contributed by atoms with Gasteiger partial charge in [-0.15, -0.1) is 0 Å². The highest BCUT2D eigenvalue weighted by Crippen LogP contribution is 2.31. The molecule has 106 valence electrons. The Kier molecular flexibility index (Phi) is 4.40. The molecule has 0 radical (unpaired) electrons. The first-order valence-corrected chi connectivity index (χ1v) is 6.63. The van der Waals surface area contributed by atoms with E-state index in [2.05, 4.69) is 21.2 Å². The van der Waals surface area contributed by atoms with Gasteiger partial charge < -0.3 is 10.1 Å². The van der Waals surface area contributed by atoms with Crippen molar-refractivity contribution in [2.75, 3.05) is 12.4 Å². The van der Waals surface area contributed by atoms with Gasteiger partial charge in [-0.25, -0.2) is 0 Å². The lowest BCUT2D eigenvalue weighted by Crippen LogP contribution is -1.96. The molecule has 0 aliphatic rings. The van der Waals surface area contributed by atoms with E-state index in [1.807, 2.05) is 6.07 Å². The Morgan fingerprint density at radius 2 is 2.10 bits per heavy atom. The Labute approximate surface area is 129 Å². The van der Waals surface area contributed by atoms with Crippen molar-refractivity contribution in [2.45, 2.75) is 0 Å². The van der Waals surface area contributed by atoms with Crippen molar-refractivity contribution >= 4 is 33.0 Å². The van der Waals surface area contributed by atoms with E-state index in [0.29, 0.717) is 17.1 Å². The third-order valence-corrected chi connectivity index (χ3v) is 3.42. The topological polar surface area (TPSA) is 88.2 Å². The van der Waals surface area contributed by atoms with E-state index < -0.39 is 4.92 Å². The lowest BCUT2D eigenvalue weighted by molar-refractivity contribution is -0.384. The smallest absolute Gasteiger partial charge is 0.270 e. The number of nitro groups is 1. The summed E-state index contributed by atoms with van der Waals surface area (Å²) in [4.78, 5) is 10.2. The number of halogens is 1. The van der Waals surface area contributed by atoms with E-state index in [1.165, 1.54) is 18.2 Å². The van der Waals surface area contributed by atoms with Gasteiger partial charge in [-0.2, -0.15) is 5.26 Å². The first-order valence-electron chi connectivity index (χ1n) is 5.84. The van der Waals surface area contributed by atoms with Gasteiger partial charge in [-0.05, 0) is 34.1 Å². The molecule has 0 atom stereocenters. The maximum absolute atomic E-state index is 10.7. The molecule has 0 heterocycles. The molecule has 1 N–H and O–H groups in total. The Morgan fingerprint density at radius 3 is 2.71 bits per heavy atom. The summed E-state index contributed by atoms with van der Waals surface area (Å²) in [5.41, 5.74) is 1.28. The predicted octanol–water partition coefficient (Wildman–Crippen LogP) is 3.98. The second kappa shape index (κ2) is 6.24. The summed E-state index contributed by atoms with van der Waals surface area (Å²) in [6.45, 7) is 0. The zero-order valence-corrected chi connectivity index (χ0v) is 12.5. The minimum Gasteiger partial charge on any atom is -0.495 e.